The van der Waals surface area contributed by atoms with Gasteiger partial charge in [0.15, 0.2) is 0 Å². The second-order valence-electron chi connectivity index (χ2n) is 8.49. The lowest BCUT2D eigenvalue weighted by Crippen LogP contribution is -2.45. The van der Waals surface area contributed by atoms with Gasteiger partial charge in [-0.1, -0.05) is 55.5 Å². The van der Waals surface area contributed by atoms with Crippen LogP contribution in [0.15, 0.2) is 48.5 Å². The maximum Gasteiger partial charge on any atom is 0.407 e. The lowest BCUT2D eigenvalue weighted by molar-refractivity contribution is -0.140. The van der Waals surface area contributed by atoms with E-state index in [4.69, 9.17) is 9.47 Å². The number of carboxylic acid groups (broad SMARTS) is 1. The molecule has 1 aliphatic carbocycles. The minimum atomic E-state index is -1.05. The number of carboxylic acids is 1. The standard InChI is InChI=1S/C24H27NO5/c1-24(10-12-29-13-11-24)14-21(22(26)27)25-23(28)30-15-20-18-8-4-2-6-16(18)17-7-3-5-9-19(17)20/h2-9,20-21H,10-15H2,1H3,(H,25,28)(H,26,27). The van der Waals surface area contributed by atoms with Crippen molar-refractivity contribution < 1.29 is 24.2 Å². The maximum atomic E-state index is 12.5. The Morgan fingerprint density at radius 1 is 1.10 bits per heavy atom. The van der Waals surface area contributed by atoms with E-state index < -0.39 is 18.1 Å². The van der Waals surface area contributed by atoms with Crippen LogP contribution in [-0.2, 0) is 14.3 Å². The molecule has 158 valence electrons. The van der Waals surface area contributed by atoms with Crippen LogP contribution in [0.4, 0.5) is 4.79 Å². The molecule has 1 amide bonds. The van der Waals surface area contributed by atoms with E-state index in [9.17, 15) is 14.7 Å². The number of carbonyl (C=O) groups excluding carboxylic acids is 1. The highest BCUT2D eigenvalue weighted by Gasteiger charge is 2.35. The number of aliphatic carboxylic acids is 1. The lowest BCUT2D eigenvalue weighted by Gasteiger charge is -2.35. The van der Waals surface area contributed by atoms with Gasteiger partial charge in [-0.2, -0.15) is 0 Å². The van der Waals surface area contributed by atoms with Crippen molar-refractivity contribution in [3.05, 3.63) is 59.7 Å². The van der Waals surface area contributed by atoms with Gasteiger partial charge < -0.3 is 19.9 Å². The van der Waals surface area contributed by atoms with Crippen LogP contribution in [0, 0.1) is 5.41 Å². The number of hydrogen-bond donors (Lipinski definition) is 2. The van der Waals surface area contributed by atoms with Crippen molar-refractivity contribution in [1.29, 1.82) is 0 Å². The number of alkyl carbamates (subject to hydrolysis) is 1. The molecule has 1 saturated heterocycles. The molecule has 1 aliphatic heterocycles. The number of carbonyl (C=O) groups is 2. The molecule has 1 atom stereocenters. The van der Waals surface area contributed by atoms with Crippen LogP contribution < -0.4 is 5.32 Å². The number of benzene rings is 2. The van der Waals surface area contributed by atoms with Crippen molar-refractivity contribution in [2.24, 2.45) is 5.41 Å². The minimum absolute atomic E-state index is 0.0561. The number of hydrogen-bond acceptors (Lipinski definition) is 4. The van der Waals surface area contributed by atoms with Gasteiger partial charge in [-0.3, -0.25) is 0 Å². The molecule has 1 fully saturated rings. The lowest BCUT2D eigenvalue weighted by atomic mass is 9.77. The summed E-state index contributed by atoms with van der Waals surface area (Å²) in [4.78, 5) is 24.2. The zero-order valence-electron chi connectivity index (χ0n) is 17.1. The quantitative estimate of drug-likeness (QED) is 0.747. The van der Waals surface area contributed by atoms with Crippen LogP contribution in [0.1, 0.15) is 43.2 Å². The van der Waals surface area contributed by atoms with E-state index in [1.54, 1.807) is 0 Å². The first-order valence-electron chi connectivity index (χ1n) is 10.4. The average molecular weight is 409 g/mol. The molecule has 4 rings (SSSR count). The smallest absolute Gasteiger partial charge is 0.407 e. The number of ether oxygens (including phenoxy) is 2. The second kappa shape index (κ2) is 8.48. The molecule has 2 aromatic carbocycles. The maximum absolute atomic E-state index is 12.5. The SMILES string of the molecule is CC1(CC(NC(=O)OCC2c3ccccc3-c3ccccc32)C(=O)O)CCOCC1. The fourth-order valence-corrected chi connectivity index (χ4v) is 4.54. The van der Waals surface area contributed by atoms with Crippen LogP contribution in [0.2, 0.25) is 0 Å². The van der Waals surface area contributed by atoms with Crippen LogP contribution in [0.3, 0.4) is 0 Å². The second-order valence-corrected chi connectivity index (χ2v) is 8.49. The molecule has 0 aromatic heterocycles. The van der Waals surface area contributed by atoms with Gasteiger partial charge in [0.1, 0.15) is 12.6 Å². The molecule has 6 heteroatoms. The Morgan fingerprint density at radius 3 is 2.23 bits per heavy atom. The van der Waals surface area contributed by atoms with Crippen molar-refractivity contribution in [1.82, 2.24) is 5.32 Å². The van der Waals surface area contributed by atoms with Crippen LogP contribution >= 0.6 is 0 Å². The summed E-state index contributed by atoms with van der Waals surface area (Å²) in [6.07, 6.45) is 1.22. The third kappa shape index (κ3) is 4.19. The minimum Gasteiger partial charge on any atom is -0.480 e. The predicted molar refractivity (Wildman–Crippen MR) is 112 cm³/mol. The molecule has 1 heterocycles. The van der Waals surface area contributed by atoms with Gasteiger partial charge in [-0.15, -0.1) is 0 Å². The van der Waals surface area contributed by atoms with E-state index in [0.29, 0.717) is 19.6 Å². The first kappa shape index (κ1) is 20.4. The van der Waals surface area contributed by atoms with E-state index >= 15 is 0 Å². The van der Waals surface area contributed by atoms with Gasteiger partial charge in [-0.25, -0.2) is 9.59 Å². The highest BCUT2D eigenvalue weighted by atomic mass is 16.5. The third-order valence-electron chi connectivity index (χ3n) is 6.33. The molecular formula is C24H27NO5. The molecule has 1 unspecified atom stereocenters. The Morgan fingerprint density at radius 2 is 1.67 bits per heavy atom. The van der Waals surface area contributed by atoms with Crippen molar-refractivity contribution in [2.45, 2.75) is 38.1 Å². The summed E-state index contributed by atoms with van der Waals surface area (Å²) >= 11 is 0. The summed E-state index contributed by atoms with van der Waals surface area (Å²) in [6.45, 7) is 3.45. The van der Waals surface area contributed by atoms with E-state index in [0.717, 1.165) is 35.1 Å². The van der Waals surface area contributed by atoms with Crippen molar-refractivity contribution in [2.75, 3.05) is 19.8 Å². The molecule has 0 spiro atoms. The Balaban J connectivity index is 1.41. The van der Waals surface area contributed by atoms with Crippen LogP contribution in [0.5, 0.6) is 0 Å². The van der Waals surface area contributed by atoms with Gasteiger partial charge in [-0.05, 0) is 46.9 Å². The van der Waals surface area contributed by atoms with E-state index in [2.05, 4.69) is 17.4 Å². The van der Waals surface area contributed by atoms with Crippen molar-refractivity contribution in [3.63, 3.8) is 0 Å². The summed E-state index contributed by atoms with van der Waals surface area (Å²) in [5.41, 5.74) is 4.38. The van der Waals surface area contributed by atoms with Crippen molar-refractivity contribution in [3.8, 4) is 11.1 Å². The fourth-order valence-electron chi connectivity index (χ4n) is 4.54. The van der Waals surface area contributed by atoms with Crippen molar-refractivity contribution >= 4 is 12.1 Å². The van der Waals surface area contributed by atoms with E-state index in [1.807, 2.05) is 43.3 Å². The highest BCUT2D eigenvalue weighted by Crippen LogP contribution is 2.44. The number of amides is 1. The zero-order chi connectivity index (χ0) is 21.1. The van der Waals surface area contributed by atoms with Gasteiger partial charge in [0.05, 0.1) is 0 Å². The summed E-state index contributed by atoms with van der Waals surface area (Å²) in [6, 6.07) is 15.2. The van der Waals surface area contributed by atoms with E-state index in [1.165, 1.54) is 0 Å². The molecule has 2 N–H and O–H groups in total. The van der Waals surface area contributed by atoms with Gasteiger partial charge >= 0.3 is 12.1 Å². The summed E-state index contributed by atoms with van der Waals surface area (Å²) in [5, 5.41) is 12.2. The average Bonchev–Trinajstić information content (AvgIpc) is 3.06. The predicted octanol–water partition coefficient (Wildman–Crippen LogP) is 4.19. The number of fused-ring (bicyclic) bond motifs is 3. The normalized spacial score (nSPS) is 18.2. The monoisotopic (exact) mass is 409 g/mol. The molecular weight excluding hydrogens is 382 g/mol. The molecule has 0 saturated carbocycles. The molecule has 30 heavy (non-hydrogen) atoms. The molecule has 0 radical (unpaired) electrons. The molecule has 2 aliphatic rings. The Hall–Kier alpha value is -2.86. The number of nitrogens with one attached hydrogen (secondary N) is 1. The Kier molecular flexibility index (Phi) is 5.77. The fraction of sp³-hybridized carbons (Fsp3) is 0.417. The first-order chi connectivity index (χ1) is 14.5. The first-order valence-corrected chi connectivity index (χ1v) is 10.4. The summed E-state index contributed by atoms with van der Waals surface area (Å²) in [7, 11) is 0. The Bertz CT molecular complexity index is 889. The van der Waals surface area contributed by atoms with E-state index in [-0.39, 0.29) is 17.9 Å². The summed E-state index contributed by atoms with van der Waals surface area (Å²) in [5.74, 6) is -1.10. The third-order valence-corrected chi connectivity index (χ3v) is 6.33. The summed E-state index contributed by atoms with van der Waals surface area (Å²) < 4.78 is 10.9. The zero-order valence-corrected chi connectivity index (χ0v) is 17.1. The van der Waals surface area contributed by atoms with Gasteiger partial charge in [0, 0.05) is 19.1 Å². The van der Waals surface area contributed by atoms with Crippen LogP contribution in [0.25, 0.3) is 11.1 Å². The Labute approximate surface area is 176 Å². The topological polar surface area (TPSA) is 84.9 Å². The molecule has 6 nitrogen and oxygen atoms in total. The number of rotatable bonds is 6. The largest absolute Gasteiger partial charge is 0.480 e. The van der Waals surface area contributed by atoms with Gasteiger partial charge in [0.2, 0.25) is 0 Å². The molecule has 2 aromatic rings. The van der Waals surface area contributed by atoms with Gasteiger partial charge in [0.25, 0.3) is 0 Å². The highest BCUT2D eigenvalue weighted by molar-refractivity contribution is 5.81. The molecule has 0 bridgehead atoms. The van der Waals surface area contributed by atoms with Crippen LogP contribution in [-0.4, -0.2) is 43.0 Å².